The summed E-state index contributed by atoms with van der Waals surface area (Å²) in [5.41, 5.74) is 0.832. The lowest BCUT2D eigenvalue weighted by Crippen LogP contribution is -2.37. The molecule has 0 bridgehead atoms. The monoisotopic (exact) mass is 381 g/mol. The van der Waals surface area contributed by atoms with E-state index in [9.17, 15) is 4.39 Å². The lowest BCUT2D eigenvalue weighted by Gasteiger charge is -2.21. The molecule has 0 saturated carbocycles. The highest BCUT2D eigenvalue weighted by Gasteiger charge is 2.13. The van der Waals surface area contributed by atoms with Crippen molar-refractivity contribution in [3.05, 3.63) is 29.6 Å². The molecule has 1 saturated heterocycles. The van der Waals surface area contributed by atoms with Gasteiger partial charge in [-0.05, 0) is 49.8 Å². The average Bonchev–Trinajstić information content (AvgIpc) is 2.69. The van der Waals surface area contributed by atoms with Gasteiger partial charge in [-0.25, -0.2) is 4.39 Å². The zero-order valence-corrected chi connectivity index (χ0v) is 16.4. The predicted molar refractivity (Wildman–Crippen MR) is 105 cm³/mol. The maximum atomic E-state index is 13.9. The number of guanidine groups is 1. The van der Waals surface area contributed by atoms with Gasteiger partial charge < -0.3 is 24.8 Å². The molecule has 0 aromatic heterocycles. The first-order valence-electron chi connectivity index (χ1n) is 9.74. The summed E-state index contributed by atoms with van der Waals surface area (Å²) in [6.45, 7) is 6.80. The van der Waals surface area contributed by atoms with Gasteiger partial charge in [-0.3, -0.25) is 4.99 Å². The normalized spacial score (nSPS) is 15.6. The van der Waals surface area contributed by atoms with E-state index in [1.165, 1.54) is 6.07 Å². The van der Waals surface area contributed by atoms with Crippen molar-refractivity contribution >= 4 is 5.96 Å². The Morgan fingerprint density at radius 3 is 2.81 bits per heavy atom. The molecule has 0 radical (unpaired) electrons. The number of hydrogen-bond acceptors (Lipinski definition) is 4. The molecule has 2 N–H and O–H groups in total. The van der Waals surface area contributed by atoms with Gasteiger partial charge in [0.2, 0.25) is 0 Å². The number of aliphatic imine (C=N–C) groups is 1. The molecule has 152 valence electrons. The van der Waals surface area contributed by atoms with Crippen molar-refractivity contribution in [1.82, 2.24) is 10.6 Å². The Morgan fingerprint density at radius 2 is 2.11 bits per heavy atom. The highest BCUT2D eigenvalue weighted by molar-refractivity contribution is 5.79. The van der Waals surface area contributed by atoms with Gasteiger partial charge in [0.1, 0.15) is 0 Å². The summed E-state index contributed by atoms with van der Waals surface area (Å²) in [5, 5.41) is 6.43. The van der Waals surface area contributed by atoms with Crippen LogP contribution in [0.4, 0.5) is 4.39 Å². The summed E-state index contributed by atoms with van der Waals surface area (Å²) in [6.07, 6.45) is 3.10. The summed E-state index contributed by atoms with van der Waals surface area (Å²) in [5.74, 6) is 1.26. The van der Waals surface area contributed by atoms with Crippen LogP contribution in [0.3, 0.4) is 0 Å². The van der Waals surface area contributed by atoms with E-state index in [1.807, 2.05) is 13.0 Å². The van der Waals surface area contributed by atoms with E-state index in [-0.39, 0.29) is 11.6 Å². The second-order valence-electron chi connectivity index (χ2n) is 6.53. The predicted octanol–water partition coefficient (Wildman–Crippen LogP) is 2.72. The van der Waals surface area contributed by atoms with Crippen LogP contribution in [0.2, 0.25) is 0 Å². The standard InChI is InChI=1S/C20H32FN3O3/c1-3-27-19-6-5-17(13-18(19)21)14-24-20(22-2)23-9-4-10-26-15-16-7-11-25-12-8-16/h5-6,13,16H,3-4,7-12,14-15H2,1-2H3,(H2,22,23,24). The van der Waals surface area contributed by atoms with Crippen molar-refractivity contribution in [2.75, 3.05) is 46.6 Å². The highest BCUT2D eigenvalue weighted by Crippen LogP contribution is 2.18. The third-order valence-corrected chi connectivity index (χ3v) is 4.43. The number of halogens is 1. The first-order valence-corrected chi connectivity index (χ1v) is 9.74. The zero-order valence-electron chi connectivity index (χ0n) is 16.4. The number of hydrogen-bond donors (Lipinski definition) is 2. The third kappa shape index (κ3) is 8.13. The Kier molecular flexibility index (Phi) is 9.94. The molecule has 2 rings (SSSR count). The molecular weight excluding hydrogens is 349 g/mol. The molecule has 1 aliphatic heterocycles. The smallest absolute Gasteiger partial charge is 0.191 e. The fourth-order valence-electron chi connectivity index (χ4n) is 2.88. The highest BCUT2D eigenvalue weighted by atomic mass is 19.1. The Hall–Kier alpha value is -1.86. The van der Waals surface area contributed by atoms with Crippen LogP contribution in [0, 0.1) is 11.7 Å². The molecule has 1 heterocycles. The second-order valence-corrected chi connectivity index (χ2v) is 6.53. The first-order chi connectivity index (χ1) is 13.2. The topological polar surface area (TPSA) is 64.1 Å². The van der Waals surface area contributed by atoms with Crippen molar-refractivity contribution < 1.29 is 18.6 Å². The van der Waals surface area contributed by atoms with Gasteiger partial charge in [0.15, 0.2) is 17.5 Å². The van der Waals surface area contributed by atoms with Crippen molar-refractivity contribution in [3.8, 4) is 5.75 Å². The van der Waals surface area contributed by atoms with Crippen LogP contribution in [0.5, 0.6) is 5.75 Å². The summed E-state index contributed by atoms with van der Waals surface area (Å²) < 4.78 is 30.2. The maximum Gasteiger partial charge on any atom is 0.191 e. The van der Waals surface area contributed by atoms with Crippen LogP contribution >= 0.6 is 0 Å². The van der Waals surface area contributed by atoms with E-state index < -0.39 is 0 Å². The van der Waals surface area contributed by atoms with Gasteiger partial charge >= 0.3 is 0 Å². The minimum Gasteiger partial charge on any atom is -0.491 e. The number of rotatable bonds is 10. The molecule has 0 aliphatic carbocycles. The summed E-state index contributed by atoms with van der Waals surface area (Å²) in [4.78, 5) is 4.19. The van der Waals surface area contributed by atoms with Crippen LogP contribution in [-0.2, 0) is 16.0 Å². The fourth-order valence-corrected chi connectivity index (χ4v) is 2.88. The van der Waals surface area contributed by atoms with Crippen LogP contribution in [0.15, 0.2) is 23.2 Å². The SMILES string of the molecule is CCOc1ccc(CNC(=NC)NCCCOCC2CCOCC2)cc1F. The van der Waals surface area contributed by atoms with Crippen LogP contribution in [0.1, 0.15) is 31.7 Å². The zero-order chi connectivity index (χ0) is 19.3. The Balaban J connectivity index is 1.59. The first kappa shape index (κ1) is 21.4. The molecule has 7 heteroatoms. The van der Waals surface area contributed by atoms with Crippen molar-refractivity contribution in [2.45, 2.75) is 32.7 Å². The number of nitrogens with one attached hydrogen (secondary N) is 2. The number of benzene rings is 1. The minimum atomic E-state index is -0.347. The van der Waals surface area contributed by atoms with Crippen molar-refractivity contribution in [1.29, 1.82) is 0 Å². The molecule has 6 nitrogen and oxygen atoms in total. The molecule has 0 amide bonds. The third-order valence-electron chi connectivity index (χ3n) is 4.43. The molecule has 1 aromatic rings. The molecule has 1 fully saturated rings. The molecule has 27 heavy (non-hydrogen) atoms. The lowest BCUT2D eigenvalue weighted by molar-refractivity contribution is 0.0203. The average molecular weight is 381 g/mol. The van der Waals surface area contributed by atoms with E-state index in [2.05, 4.69) is 15.6 Å². The Bertz CT molecular complexity index is 578. The lowest BCUT2D eigenvalue weighted by atomic mass is 10.0. The van der Waals surface area contributed by atoms with Crippen LogP contribution < -0.4 is 15.4 Å². The maximum absolute atomic E-state index is 13.9. The second kappa shape index (κ2) is 12.5. The molecule has 0 spiro atoms. The van der Waals surface area contributed by atoms with E-state index in [4.69, 9.17) is 14.2 Å². The summed E-state index contributed by atoms with van der Waals surface area (Å²) in [6, 6.07) is 4.98. The van der Waals surface area contributed by atoms with Crippen LogP contribution in [0.25, 0.3) is 0 Å². The molecule has 0 unspecified atom stereocenters. The summed E-state index contributed by atoms with van der Waals surface area (Å²) in [7, 11) is 1.72. The van der Waals surface area contributed by atoms with Crippen molar-refractivity contribution in [3.63, 3.8) is 0 Å². The van der Waals surface area contributed by atoms with Gasteiger partial charge in [-0.2, -0.15) is 0 Å². The molecular formula is C20H32FN3O3. The summed E-state index contributed by atoms with van der Waals surface area (Å²) >= 11 is 0. The Morgan fingerprint density at radius 1 is 1.30 bits per heavy atom. The molecule has 1 aromatic carbocycles. The van der Waals surface area contributed by atoms with Gasteiger partial charge in [0.25, 0.3) is 0 Å². The van der Waals surface area contributed by atoms with Crippen LogP contribution in [-0.4, -0.2) is 52.6 Å². The molecule has 1 aliphatic rings. The van der Waals surface area contributed by atoms with Gasteiger partial charge in [0, 0.05) is 46.6 Å². The molecule has 0 atom stereocenters. The number of nitrogens with zero attached hydrogens (tertiary/aromatic N) is 1. The van der Waals surface area contributed by atoms with E-state index in [0.29, 0.717) is 25.0 Å². The quantitative estimate of drug-likeness (QED) is 0.371. The van der Waals surface area contributed by atoms with E-state index in [0.717, 1.165) is 57.8 Å². The minimum absolute atomic E-state index is 0.282. The van der Waals surface area contributed by atoms with E-state index in [1.54, 1.807) is 13.1 Å². The van der Waals surface area contributed by atoms with Gasteiger partial charge in [-0.15, -0.1) is 0 Å². The fraction of sp³-hybridized carbons (Fsp3) is 0.650. The van der Waals surface area contributed by atoms with E-state index >= 15 is 0 Å². The van der Waals surface area contributed by atoms with Crippen molar-refractivity contribution in [2.24, 2.45) is 10.9 Å². The Labute approximate surface area is 161 Å². The van der Waals surface area contributed by atoms with Gasteiger partial charge in [-0.1, -0.05) is 6.07 Å². The van der Waals surface area contributed by atoms with Gasteiger partial charge in [0.05, 0.1) is 6.61 Å². The largest absolute Gasteiger partial charge is 0.491 e. The number of ether oxygens (including phenoxy) is 3.